The largest absolute Gasteiger partial charge is 0.312 e. The molecule has 0 amide bonds. The Kier molecular flexibility index (Phi) is 3.74. The summed E-state index contributed by atoms with van der Waals surface area (Å²) in [5.74, 6) is 0. The molecular weight excluding hydrogens is 148 g/mol. The number of hydrogen-bond donors (Lipinski definition) is 1. The Morgan fingerprint density at radius 1 is 1.50 bits per heavy atom. The van der Waals surface area contributed by atoms with Crippen LogP contribution < -0.4 is 5.32 Å². The lowest BCUT2D eigenvalue weighted by atomic mass is 10.1. The highest BCUT2D eigenvalue weighted by Crippen LogP contribution is 2.14. The molecule has 12 heavy (non-hydrogen) atoms. The number of rotatable bonds is 4. The number of nitrogens with zero attached hydrogens (tertiary/aromatic N) is 1. The van der Waals surface area contributed by atoms with Gasteiger partial charge < -0.3 is 5.32 Å². The molecule has 0 aliphatic heterocycles. The van der Waals surface area contributed by atoms with Gasteiger partial charge in [-0.25, -0.2) is 0 Å². The fourth-order valence-corrected chi connectivity index (χ4v) is 1.31. The quantitative estimate of drug-likeness (QED) is 0.737. The molecule has 0 aliphatic rings. The van der Waals surface area contributed by atoms with Crippen molar-refractivity contribution in [1.82, 2.24) is 10.3 Å². The first kappa shape index (κ1) is 9.20. The maximum atomic E-state index is 4.31. The molecule has 2 nitrogen and oxygen atoms in total. The van der Waals surface area contributed by atoms with E-state index in [2.05, 4.69) is 23.3 Å². The summed E-state index contributed by atoms with van der Waals surface area (Å²) in [4.78, 5) is 4.31. The van der Waals surface area contributed by atoms with Crippen LogP contribution in [-0.4, -0.2) is 12.0 Å². The van der Waals surface area contributed by atoms with Crippen molar-refractivity contribution in [1.29, 1.82) is 0 Å². The lowest BCUT2D eigenvalue weighted by Gasteiger charge is -2.13. The molecule has 2 heteroatoms. The second kappa shape index (κ2) is 4.88. The van der Waals surface area contributed by atoms with Crippen LogP contribution in [0.15, 0.2) is 24.4 Å². The van der Waals surface area contributed by atoms with Crippen LogP contribution in [0.5, 0.6) is 0 Å². The van der Waals surface area contributed by atoms with E-state index >= 15 is 0 Å². The average Bonchev–Trinajstić information content (AvgIpc) is 2.15. The predicted octanol–water partition coefficient (Wildman–Crippen LogP) is 2.14. The zero-order valence-electron chi connectivity index (χ0n) is 7.75. The maximum absolute atomic E-state index is 4.31. The summed E-state index contributed by atoms with van der Waals surface area (Å²) in [7, 11) is 1.98. The lowest BCUT2D eigenvalue weighted by molar-refractivity contribution is 0.529. The summed E-state index contributed by atoms with van der Waals surface area (Å²) in [5.41, 5.74) is 1.14. The highest BCUT2D eigenvalue weighted by atomic mass is 14.9. The third-order valence-electron chi connectivity index (χ3n) is 1.97. The van der Waals surface area contributed by atoms with Crippen LogP contribution in [0, 0.1) is 0 Å². The molecular formula is C10H16N2. The van der Waals surface area contributed by atoms with Crippen molar-refractivity contribution >= 4 is 0 Å². The molecule has 1 aromatic heterocycles. The number of hydrogen-bond acceptors (Lipinski definition) is 2. The van der Waals surface area contributed by atoms with Crippen LogP contribution in [0.4, 0.5) is 0 Å². The van der Waals surface area contributed by atoms with Gasteiger partial charge in [0, 0.05) is 12.2 Å². The lowest BCUT2D eigenvalue weighted by Crippen LogP contribution is -2.16. The predicted molar refractivity (Wildman–Crippen MR) is 50.9 cm³/mol. The third-order valence-corrected chi connectivity index (χ3v) is 1.97. The standard InChI is InChI=1S/C10H16N2/c1-3-6-9(11-2)10-7-4-5-8-12-10/h4-5,7-9,11H,3,6H2,1-2H3/t9-/m0/s1. The third kappa shape index (κ3) is 2.31. The fraction of sp³-hybridized carbons (Fsp3) is 0.500. The average molecular weight is 164 g/mol. The monoisotopic (exact) mass is 164 g/mol. The van der Waals surface area contributed by atoms with Crippen LogP contribution in [-0.2, 0) is 0 Å². The van der Waals surface area contributed by atoms with Gasteiger partial charge >= 0.3 is 0 Å². The Balaban J connectivity index is 2.66. The molecule has 0 spiro atoms. The first-order valence-electron chi connectivity index (χ1n) is 4.46. The van der Waals surface area contributed by atoms with Crippen LogP contribution in [0.2, 0.25) is 0 Å². The van der Waals surface area contributed by atoms with E-state index < -0.39 is 0 Å². The Hall–Kier alpha value is -0.890. The van der Waals surface area contributed by atoms with Crippen molar-refractivity contribution in [2.24, 2.45) is 0 Å². The van der Waals surface area contributed by atoms with E-state index in [1.807, 2.05) is 25.4 Å². The van der Waals surface area contributed by atoms with Gasteiger partial charge in [-0.05, 0) is 25.6 Å². The van der Waals surface area contributed by atoms with Gasteiger partial charge in [-0.1, -0.05) is 19.4 Å². The molecule has 0 saturated carbocycles. The van der Waals surface area contributed by atoms with Gasteiger partial charge in [0.25, 0.3) is 0 Å². The molecule has 1 rings (SSSR count). The molecule has 1 aromatic rings. The van der Waals surface area contributed by atoms with Gasteiger partial charge in [-0.3, -0.25) is 4.98 Å². The molecule has 66 valence electrons. The van der Waals surface area contributed by atoms with Crippen molar-refractivity contribution in [3.63, 3.8) is 0 Å². The van der Waals surface area contributed by atoms with Gasteiger partial charge in [0.2, 0.25) is 0 Å². The molecule has 0 radical (unpaired) electrons. The van der Waals surface area contributed by atoms with Gasteiger partial charge in [0.1, 0.15) is 0 Å². The summed E-state index contributed by atoms with van der Waals surface area (Å²) in [5, 5.41) is 3.26. The van der Waals surface area contributed by atoms with Crippen LogP contribution in [0.3, 0.4) is 0 Å². The smallest absolute Gasteiger partial charge is 0.0573 e. The van der Waals surface area contributed by atoms with Crippen LogP contribution in [0.1, 0.15) is 31.5 Å². The highest BCUT2D eigenvalue weighted by molar-refractivity contribution is 5.08. The van der Waals surface area contributed by atoms with Crippen molar-refractivity contribution < 1.29 is 0 Å². The van der Waals surface area contributed by atoms with Gasteiger partial charge in [0.15, 0.2) is 0 Å². The molecule has 0 aliphatic carbocycles. The molecule has 1 heterocycles. The van der Waals surface area contributed by atoms with Crippen LogP contribution in [0.25, 0.3) is 0 Å². The van der Waals surface area contributed by atoms with E-state index in [1.165, 1.54) is 6.42 Å². The number of pyridine rings is 1. The Morgan fingerprint density at radius 3 is 2.83 bits per heavy atom. The van der Waals surface area contributed by atoms with E-state index in [1.54, 1.807) is 0 Å². The zero-order chi connectivity index (χ0) is 8.81. The van der Waals surface area contributed by atoms with Crippen LogP contribution >= 0.6 is 0 Å². The SMILES string of the molecule is CCC[C@H](NC)c1ccccn1. The Morgan fingerprint density at radius 2 is 2.33 bits per heavy atom. The Bertz CT molecular complexity index is 208. The minimum atomic E-state index is 0.413. The van der Waals surface area contributed by atoms with E-state index in [0.717, 1.165) is 12.1 Å². The van der Waals surface area contributed by atoms with Crippen molar-refractivity contribution in [3.05, 3.63) is 30.1 Å². The van der Waals surface area contributed by atoms with E-state index in [0.29, 0.717) is 6.04 Å². The number of aromatic nitrogens is 1. The molecule has 1 atom stereocenters. The van der Waals surface area contributed by atoms with E-state index in [9.17, 15) is 0 Å². The van der Waals surface area contributed by atoms with Gasteiger partial charge in [0.05, 0.1) is 5.69 Å². The maximum Gasteiger partial charge on any atom is 0.0573 e. The topological polar surface area (TPSA) is 24.9 Å². The first-order chi connectivity index (χ1) is 5.88. The minimum absolute atomic E-state index is 0.413. The summed E-state index contributed by atoms with van der Waals surface area (Å²) < 4.78 is 0. The van der Waals surface area contributed by atoms with E-state index in [4.69, 9.17) is 0 Å². The second-order valence-electron chi connectivity index (χ2n) is 2.88. The normalized spacial score (nSPS) is 12.8. The molecule has 0 bridgehead atoms. The molecule has 1 N–H and O–H groups in total. The molecule has 0 fully saturated rings. The second-order valence-corrected chi connectivity index (χ2v) is 2.88. The zero-order valence-corrected chi connectivity index (χ0v) is 7.75. The fourth-order valence-electron chi connectivity index (χ4n) is 1.31. The molecule has 0 unspecified atom stereocenters. The van der Waals surface area contributed by atoms with E-state index in [-0.39, 0.29) is 0 Å². The number of nitrogens with one attached hydrogen (secondary N) is 1. The molecule has 0 aromatic carbocycles. The summed E-state index contributed by atoms with van der Waals surface area (Å²) in [6, 6.07) is 6.46. The first-order valence-corrected chi connectivity index (χ1v) is 4.46. The summed E-state index contributed by atoms with van der Waals surface area (Å²) in [6.07, 6.45) is 4.17. The van der Waals surface area contributed by atoms with Crippen molar-refractivity contribution in [3.8, 4) is 0 Å². The molecule has 0 saturated heterocycles. The van der Waals surface area contributed by atoms with Gasteiger partial charge in [-0.15, -0.1) is 0 Å². The summed E-state index contributed by atoms with van der Waals surface area (Å²) >= 11 is 0. The Labute approximate surface area is 74.0 Å². The summed E-state index contributed by atoms with van der Waals surface area (Å²) in [6.45, 7) is 2.19. The minimum Gasteiger partial charge on any atom is -0.312 e. The van der Waals surface area contributed by atoms with Crippen molar-refractivity contribution in [2.45, 2.75) is 25.8 Å². The highest BCUT2D eigenvalue weighted by Gasteiger charge is 2.07. The van der Waals surface area contributed by atoms with Crippen molar-refractivity contribution in [2.75, 3.05) is 7.05 Å². The van der Waals surface area contributed by atoms with Gasteiger partial charge in [-0.2, -0.15) is 0 Å².